The Morgan fingerprint density at radius 2 is 1.54 bits per heavy atom. The number of rotatable bonds is 8. The summed E-state index contributed by atoms with van der Waals surface area (Å²) in [6.45, 7) is 2.58. The van der Waals surface area contributed by atoms with Gasteiger partial charge in [0.25, 0.3) is 0 Å². The number of carbonyl (C=O) groups is 1. The second-order valence-corrected chi connectivity index (χ2v) is 6.37. The Morgan fingerprint density at radius 1 is 0.846 bits per heavy atom. The molecule has 0 bridgehead atoms. The maximum atomic E-state index is 11.2. The molecule has 0 spiro atoms. The van der Waals surface area contributed by atoms with Gasteiger partial charge in [0.1, 0.15) is 0 Å². The summed E-state index contributed by atoms with van der Waals surface area (Å²) in [5, 5.41) is 0. The van der Waals surface area contributed by atoms with Gasteiger partial charge in [-0.2, -0.15) is 0 Å². The highest BCUT2D eigenvalue weighted by molar-refractivity contribution is 5.92. The summed E-state index contributed by atoms with van der Waals surface area (Å²) < 4.78 is 0. The van der Waals surface area contributed by atoms with Crippen molar-refractivity contribution >= 4 is 5.91 Å². The van der Waals surface area contributed by atoms with Crippen LogP contribution in [0.3, 0.4) is 0 Å². The SMILES string of the molecule is NC(=O)c1ccc(CN(CCc2ccccc2)Cc2cccnc2)cc1. The summed E-state index contributed by atoms with van der Waals surface area (Å²) in [4.78, 5) is 17.8. The molecular weight excluding hydrogens is 322 g/mol. The molecule has 0 saturated heterocycles. The van der Waals surface area contributed by atoms with Gasteiger partial charge in [0.05, 0.1) is 0 Å². The Balaban J connectivity index is 1.70. The van der Waals surface area contributed by atoms with Gasteiger partial charge in [0, 0.05) is 37.6 Å². The Hall–Kier alpha value is -2.98. The van der Waals surface area contributed by atoms with E-state index in [0.717, 1.165) is 31.6 Å². The van der Waals surface area contributed by atoms with Crippen LogP contribution in [0.1, 0.15) is 27.0 Å². The molecule has 4 nitrogen and oxygen atoms in total. The lowest BCUT2D eigenvalue weighted by Gasteiger charge is -2.22. The maximum absolute atomic E-state index is 11.2. The van der Waals surface area contributed by atoms with Gasteiger partial charge in [0.2, 0.25) is 5.91 Å². The molecule has 2 aromatic carbocycles. The first-order valence-corrected chi connectivity index (χ1v) is 8.74. The summed E-state index contributed by atoms with van der Waals surface area (Å²) in [5.41, 5.74) is 9.54. The molecule has 0 saturated carbocycles. The van der Waals surface area contributed by atoms with Crippen molar-refractivity contribution in [2.45, 2.75) is 19.5 Å². The number of pyridine rings is 1. The maximum Gasteiger partial charge on any atom is 0.248 e. The number of aromatic nitrogens is 1. The largest absolute Gasteiger partial charge is 0.366 e. The fourth-order valence-electron chi connectivity index (χ4n) is 2.93. The van der Waals surface area contributed by atoms with E-state index in [1.807, 2.05) is 30.5 Å². The van der Waals surface area contributed by atoms with Crippen molar-refractivity contribution in [3.8, 4) is 0 Å². The normalized spacial score (nSPS) is 10.8. The zero-order valence-electron chi connectivity index (χ0n) is 14.7. The summed E-state index contributed by atoms with van der Waals surface area (Å²) in [5.74, 6) is -0.396. The van der Waals surface area contributed by atoms with Gasteiger partial charge >= 0.3 is 0 Å². The summed E-state index contributed by atoms with van der Waals surface area (Å²) in [7, 11) is 0. The van der Waals surface area contributed by atoms with Crippen LogP contribution in [0.2, 0.25) is 0 Å². The summed E-state index contributed by atoms with van der Waals surface area (Å²) >= 11 is 0. The molecule has 2 N–H and O–H groups in total. The van der Waals surface area contributed by atoms with Crippen molar-refractivity contribution in [2.24, 2.45) is 5.73 Å². The van der Waals surface area contributed by atoms with Crippen molar-refractivity contribution in [1.29, 1.82) is 0 Å². The molecule has 132 valence electrons. The van der Waals surface area contributed by atoms with Gasteiger partial charge < -0.3 is 5.73 Å². The number of primary amides is 1. The second-order valence-electron chi connectivity index (χ2n) is 6.37. The van der Waals surface area contributed by atoms with E-state index < -0.39 is 5.91 Å². The number of hydrogen-bond acceptors (Lipinski definition) is 3. The Morgan fingerprint density at radius 3 is 2.19 bits per heavy atom. The molecule has 0 unspecified atom stereocenters. The van der Waals surface area contributed by atoms with E-state index in [0.29, 0.717) is 5.56 Å². The molecule has 3 rings (SSSR count). The standard InChI is InChI=1S/C22H23N3O/c23-22(26)21-10-8-19(9-11-21)16-25(17-20-7-4-13-24-15-20)14-12-18-5-2-1-3-6-18/h1-11,13,15H,12,14,16-17H2,(H2,23,26). The van der Waals surface area contributed by atoms with Crippen molar-refractivity contribution < 1.29 is 4.79 Å². The van der Waals surface area contributed by atoms with Crippen LogP contribution < -0.4 is 5.73 Å². The molecule has 0 radical (unpaired) electrons. The van der Waals surface area contributed by atoms with Crippen molar-refractivity contribution in [3.63, 3.8) is 0 Å². The van der Waals surface area contributed by atoms with E-state index in [-0.39, 0.29) is 0 Å². The molecule has 1 heterocycles. The van der Waals surface area contributed by atoms with Crippen LogP contribution >= 0.6 is 0 Å². The lowest BCUT2D eigenvalue weighted by molar-refractivity contribution is 0.100. The van der Waals surface area contributed by atoms with Crippen molar-refractivity contribution in [3.05, 3.63) is 101 Å². The third-order valence-electron chi connectivity index (χ3n) is 4.33. The first-order valence-electron chi connectivity index (χ1n) is 8.74. The van der Waals surface area contributed by atoms with E-state index in [2.05, 4.69) is 40.2 Å². The van der Waals surface area contributed by atoms with Gasteiger partial charge in [-0.25, -0.2) is 0 Å². The number of benzene rings is 2. The molecule has 1 amide bonds. The minimum absolute atomic E-state index is 0.396. The third-order valence-corrected chi connectivity index (χ3v) is 4.33. The minimum Gasteiger partial charge on any atom is -0.366 e. The molecule has 26 heavy (non-hydrogen) atoms. The highest BCUT2D eigenvalue weighted by Gasteiger charge is 2.09. The molecule has 1 aromatic heterocycles. The van der Waals surface area contributed by atoms with E-state index in [1.54, 1.807) is 18.3 Å². The Kier molecular flexibility index (Phi) is 6.12. The number of carbonyl (C=O) groups excluding carboxylic acids is 1. The monoisotopic (exact) mass is 345 g/mol. The fraction of sp³-hybridized carbons (Fsp3) is 0.182. The van der Waals surface area contributed by atoms with Crippen LogP contribution in [-0.4, -0.2) is 22.3 Å². The number of nitrogens with zero attached hydrogens (tertiary/aromatic N) is 2. The predicted octanol–water partition coefficient (Wildman–Crippen LogP) is 3.43. The van der Waals surface area contributed by atoms with Crippen LogP contribution in [0, 0.1) is 0 Å². The molecule has 0 atom stereocenters. The first-order chi connectivity index (χ1) is 12.7. The van der Waals surface area contributed by atoms with Gasteiger partial charge in [-0.05, 0) is 41.3 Å². The summed E-state index contributed by atoms with van der Waals surface area (Å²) in [6.07, 6.45) is 4.69. The third kappa shape index (κ3) is 5.26. The Bertz CT molecular complexity index is 817. The predicted molar refractivity (Wildman–Crippen MR) is 103 cm³/mol. The van der Waals surface area contributed by atoms with Crippen molar-refractivity contribution in [2.75, 3.05) is 6.54 Å². The van der Waals surface area contributed by atoms with Crippen LogP contribution in [0.25, 0.3) is 0 Å². The van der Waals surface area contributed by atoms with Gasteiger partial charge in [-0.3, -0.25) is 14.7 Å². The number of amides is 1. The lowest BCUT2D eigenvalue weighted by atomic mass is 10.1. The Labute approximate surface area is 154 Å². The molecular formula is C22H23N3O. The minimum atomic E-state index is -0.396. The highest BCUT2D eigenvalue weighted by Crippen LogP contribution is 2.12. The zero-order valence-corrected chi connectivity index (χ0v) is 14.7. The van der Waals surface area contributed by atoms with Crippen LogP contribution in [0.5, 0.6) is 0 Å². The molecule has 0 aliphatic carbocycles. The van der Waals surface area contributed by atoms with Crippen LogP contribution in [-0.2, 0) is 19.5 Å². The van der Waals surface area contributed by atoms with Crippen molar-refractivity contribution in [1.82, 2.24) is 9.88 Å². The number of hydrogen-bond donors (Lipinski definition) is 1. The topological polar surface area (TPSA) is 59.2 Å². The zero-order chi connectivity index (χ0) is 18.2. The van der Waals surface area contributed by atoms with Crippen LogP contribution in [0.4, 0.5) is 0 Å². The van der Waals surface area contributed by atoms with Gasteiger partial charge in [-0.1, -0.05) is 48.5 Å². The fourth-order valence-corrected chi connectivity index (χ4v) is 2.93. The summed E-state index contributed by atoms with van der Waals surface area (Å²) in [6, 6.07) is 22.1. The molecule has 0 aliphatic heterocycles. The smallest absolute Gasteiger partial charge is 0.248 e. The average molecular weight is 345 g/mol. The average Bonchev–Trinajstić information content (AvgIpc) is 2.68. The molecule has 3 aromatic rings. The number of nitrogens with two attached hydrogens (primary N) is 1. The molecule has 0 fully saturated rings. The molecule has 4 heteroatoms. The lowest BCUT2D eigenvalue weighted by Crippen LogP contribution is -2.25. The van der Waals surface area contributed by atoms with Crippen LogP contribution in [0.15, 0.2) is 79.1 Å². The first kappa shape index (κ1) is 17.8. The van der Waals surface area contributed by atoms with E-state index in [4.69, 9.17) is 5.73 Å². The van der Waals surface area contributed by atoms with E-state index >= 15 is 0 Å². The molecule has 0 aliphatic rings. The highest BCUT2D eigenvalue weighted by atomic mass is 16.1. The van der Waals surface area contributed by atoms with E-state index in [1.165, 1.54) is 11.1 Å². The quantitative estimate of drug-likeness (QED) is 0.680. The second kappa shape index (κ2) is 8.92. The van der Waals surface area contributed by atoms with E-state index in [9.17, 15) is 4.79 Å². The van der Waals surface area contributed by atoms with Gasteiger partial charge in [-0.15, -0.1) is 0 Å². The van der Waals surface area contributed by atoms with Gasteiger partial charge in [0.15, 0.2) is 0 Å².